The number of pyridine rings is 1. The van der Waals surface area contributed by atoms with Crippen LogP contribution >= 0.6 is 0 Å². The molecule has 0 spiro atoms. The highest BCUT2D eigenvalue weighted by Gasteiger charge is 2.48. The standard InChI is InChI=1S/C30H33N5O4/c1-22(36)33-27-12-10-26(11-13-27)28(38)35(21-25-9-6-16-31-19-25)30(14-17-34(18-15-30)23(2)37)29(39)32-20-24-7-4-3-5-8-24/h3-13,16,19H,14-15,17-18,20-21H2,1-2H3,(H,32,39)(H,33,36). The lowest BCUT2D eigenvalue weighted by molar-refractivity contribution is -0.141. The highest BCUT2D eigenvalue weighted by molar-refractivity contribution is 6.00. The van der Waals surface area contributed by atoms with Gasteiger partial charge in [-0.2, -0.15) is 0 Å². The molecule has 0 bridgehead atoms. The summed E-state index contributed by atoms with van der Waals surface area (Å²) in [6, 6.07) is 19.9. The van der Waals surface area contributed by atoms with Gasteiger partial charge in [0.25, 0.3) is 5.91 Å². The van der Waals surface area contributed by atoms with Gasteiger partial charge >= 0.3 is 0 Å². The van der Waals surface area contributed by atoms with Crippen LogP contribution in [0.4, 0.5) is 5.69 Å². The lowest BCUT2D eigenvalue weighted by atomic mass is 9.83. The normalized spacial score (nSPS) is 14.3. The number of benzene rings is 2. The van der Waals surface area contributed by atoms with Gasteiger partial charge in [0.05, 0.1) is 0 Å². The molecule has 0 aliphatic carbocycles. The Hall–Kier alpha value is -4.53. The van der Waals surface area contributed by atoms with E-state index in [1.54, 1.807) is 52.5 Å². The SMILES string of the molecule is CC(=O)Nc1ccc(C(=O)N(Cc2cccnc2)C2(C(=O)NCc3ccccc3)CCN(C(C)=O)CC2)cc1. The molecule has 1 fully saturated rings. The maximum atomic E-state index is 14.1. The molecule has 2 aromatic carbocycles. The number of nitrogens with one attached hydrogen (secondary N) is 2. The monoisotopic (exact) mass is 527 g/mol. The fourth-order valence-corrected chi connectivity index (χ4v) is 4.90. The second-order valence-corrected chi connectivity index (χ2v) is 9.72. The number of anilines is 1. The van der Waals surface area contributed by atoms with Crippen LogP contribution in [0.2, 0.25) is 0 Å². The van der Waals surface area contributed by atoms with Crippen LogP contribution in [-0.4, -0.2) is 57.0 Å². The van der Waals surface area contributed by atoms with Crippen LogP contribution in [0.5, 0.6) is 0 Å². The summed E-state index contributed by atoms with van der Waals surface area (Å²) >= 11 is 0. The molecule has 2 heterocycles. The number of piperidine rings is 1. The minimum Gasteiger partial charge on any atom is -0.350 e. The Morgan fingerprint density at radius 1 is 0.897 bits per heavy atom. The summed E-state index contributed by atoms with van der Waals surface area (Å²) in [5.41, 5.74) is 1.50. The van der Waals surface area contributed by atoms with Crippen LogP contribution in [-0.2, 0) is 27.5 Å². The number of carbonyl (C=O) groups excluding carboxylic acids is 4. The van der Waals surface area contributed by atoms with Crippen LogP contribution in [0, 0.1) is 0 Å². The van der Waals surface area contributed by atoms with Gasteiger partial charge in [0, 0.05) is 63.7 Å². The summed E-state index contributed by atoms with van der Waals surface area (Å²) in [5, 5.41) is 5.76. The molecule has 9 heteroatoms. The lowest BCUT2D eigenvalue weighted by Crippen LogP contribution is -2.64. The molecule has 1 aliphatic heterocycles. The van der Waals surface area contributed by atoms with Crippen molar-refractivity contribution >= 4 is 29.3 Å². The van der Waals surface area contributed by atoms with E-state index in [2.05, 4.69) is 15.6 Å². The van der Waals surface area contributed by atoms with Crippen LogP contribution in [0.3, 0.4) is 0 Å². The minimum atomic E-state index is -1.19. The van der Waals surface area contributed by atoms with E-state index in [-0.39, 0.29) is 30.2 Å². The predicted octanol–water partition coefficient (Wildman–Crippen LogP) is 3.38. The van der Waals surface area contributed by atoms with Gasteiger partial charge in [-0.05, 0) is 54.3 Å². The minimum absolute atomic E-state index is 0.0630. The summed E-state index contributed by atoms with van der Waals surface area (Å²) in [4.78, 5) is 59.3. The van der Waals surface area contributed by atoms with Crippen molar-refractivity contribution in [2.75, 3.05) is 18.4 Å². The molecular weight excluding hydrogens is 494 g/mol. The Balaban J connectivity index is 1.70. The van der Waals surface area contributed by atoms with Crippen molar-refractivity contribution < 1.29 is 19.2 Å². The fraction of sp³-hybridized carbons (Fsp3) is 0.300. The molecule has 1 aliphatic rings. The third-order valence-corrected chi connectivity index (χ3v) is 7.03. The maximum Gasteiger partial charge on any atom is 0.255 e. The Bertz CT molecular complexity index is 1300. The van der Waals surface area contributed by atoms with E-state index in [9.17, 15) is 19.2 Å². The molecule has 4 amide bonds. The smallest absolute Gasteiger partial charge is 0.255 e. The molecule has 1 saturated heterocycles. The summed E-state index contributed by atoms with van der Waals surface area (Å²) < 4.78 is 0. The second-order valence-electron chi connectivity index (χ2n) is 9.72. The summed E-state index contributed by atoms with van der Waals surface area (Å²) in [6.45, 7) is 4.12. The van der Waals surface area contributed by atoms with E-state index in [1.165, 1.54) is 13.8 Å². The van der Waals surface area contributed by atoms with Crippen molar-refractivity contribution in [3.8, 4) is 0 Å². The van der Waals surface area contributed by atoms with Gasteiger partial charge in [0.15, 0.2) is 0 Å². The average Bonchev–Trinajstić information content (AvgIpc) is 2.95. The zero-order chi connectivity index (χ0) is 27.8. The van der Waals surface area contributed by atoms with E-state index in [0.717, 1.165) is 11.1 Å². The summed E-state index contributed by atoms with van der Waals surface area (Å²) in [7, 11) is 0. The number of hydrogen-bond acceptors (Lipinski definition) is 5. The third-order valence-electron chi connectivity index (χ3n) is 7.03. The van der Waals surface area contributed by atoms with E-state index in [1.807, 2.05) is 36.4 Å². The van der Waals surface area contributed by atoms with Gasteiger partial charge in [0.1, 0.15) is 5.54 Å². The van der Waals surface area contributed by atoms with E-state index >= 15 is 0 Å². The number of carbonyl (C=O) groups is 4. The van der Waals surface area contributed by atoms with Crippen LogP contribution < -0.4 is 10.6 Å². The maximum absolute atomic E-state index is 14.1. The van der Waals surface area contributed by atoms with Crippen molar-refractivity contribution in [3.05, 3.63) is 95.8 Å². The molecule has 39 heavy (non-hydrogen) atoms. The van der Waals surface area contributed by atoms with Crippen molar-refractivity contribution in [1.82, 2.24) is 20.1 Å². The average molecular weight is 528 g/mol. The van der Waals surface area contributed by atoms with Gasteiger partial charge in [-0.15, -0.1) is 0 Å². The number of aromatic nitrogens is 1. The van der Waals surface area contributed by atoms with Gasteiger partial charge in [0.2, 0.25) is 17.7 Å². The number of nitrogens with zero attached hydrogens (tertiary/aromatic N) is 3. The highest BCUT2D eigenvalue weighted by Crippen LogP contribution is 2.33. The number of hydrogen-bond donors (Lipinski definition) is 2. The van der Waals surface area contributed by atoms with Crippen LogP contribution in [0.1, 0.15) is 48.2 Å². The molecule has 3 aromatic rings. The zero-order valence-corrected chi connectivity index (χ0v) is 22.2. The number of rotatable bonds is 8. The molecule has 0 unspecified atom stereocenters. The van der Waals surface area contributed by atoms with E-state index in [4.69, 9.17) is 0 Å². The molecule has 1 aromatic heterocycles. The fourth-order valence-electron chi connectivity index (χ4n) is 4.90. The van der Waals surface area contributed by atoms with Crippen molar-refractivity contribution in [2.24, 2.45) is 0 Å². The molecule has 9 nitrogen and oxygen atoms in total. The Kier molecular flexibility index (Phi) is 8.70. The van der Waals surface area contributed by atoms with E-state index in [0.29, 0.717) is 43.7 Å². The number of amides is 4. The first kappa shape index (κ1) is 27.5. The van der Waals surface area contributed by atoms with Crippen molar-refractivity contribution in [1.29, 1.82) is 0 Å². The first-order chi connectivity index (χ1) is 18.8. The molecule has 0 atom stereocenters. The second kappa shape index (κ2) is 12.3. The summed E-state index contributed by atoms with van der Waals surface area (Å²) in [6.07, 6.45) is 3.93. The molecular formula is C30H33N5O4. The molecule has 202 valence electrons. The zero-order valence-electron chi connectivity index (χ0n) is 22.2. The van der Waals surface area contributed by atoms with E-state index < -0.39 is 5.54 Å². The quantitative estimate of drug-likeness (QED) is 0.467. The summed E-state index contributed by atoms with van der Waals surface area (Å²) in [5.74, 6) is -0.855. The predicted molar refractivity (Wildman–Crippen MR) is 147 cm³/mol. The van der Waals surface area contributed by atoms with Crippen LogP contribution in [0.25, 0.3) is 0 Å². The molecule has 2 N–H and O–H groups in total. The Labute approximate surface area is 228 Å². The number of likely N-dealkylation sites (tertiary alicyclic amines) is 1. The van der Waals surface area contributed by atoms with Crippen LogP contribution in [0.15, 0.2) is 79.1 Å². The van der Waals surface area contributed by atoms with Crippen molar-refractivity contribution in [3.63, 3.8) is 0 Å². The first-order valence-electron chi connectivity index (χ1n) is 12.9. The topological polar surface area (TPSA) is 112 Å². The Morgan fingerprint density at radius 2 is 1.56 bits per heavy atom. The highest BCUT2D eigenvalue weighted by atomic mass is 16.2. The Morgan fingerprint density at radius 3 is 2.15 bits per heavy atom. The largest absolute Gasteiger partial charge is 0.350 e. The lowest BCUT2D eigenvalue weighted by Gasteiger charge is -2.47. The van der Waals surface area contributed by atoms with Gasteiger partial charge in [-0.3, -0.25) is 24.2 Å². The van der Waals surface area contributed by atoms with Gasteiger partial charge < -0.3 is 20.4 Å². The van der Waals surface area contributed by atoms with Crippen molar-refractivity contribution in [2.45, 2.75) is 45.3 Å². The molecule has 4 rings (SSSR count). The van der Waals surface area contributed by atoms with Gasteiger partial charge in [-0.1, -0.05) is 36.4 Å². The molecule has 0 saturated carbocycles. The molecule has 0 radical (unpaired) electrons. The third kappa shape index (κ3) is 6.67. The van der Waals surface area contributed by atoms with Gasteiger partial charge in [-0.25, -0.2) is 0 Å². The first-order valence-corrected chi connectivity index (χ1v) is 12.9.